The third kappa shape index (κ3) is 4.92. The molecule has 2 aromatic rings. The van der Waals surface area contributed by atoms with E-state index in [1.165, 1.54) is 12.1 Å². The summed E-state index contributed by atoms with van der Waals surface area (Å²) >= 11 is 5.75. The molecule has 1 aromatic heterocycles. The summed E-state index contributed by atoms with van der Waals surface area (Å²) in [5.74, 6) is -9.98. The maximum absolute atomic E-state index is 13.7. The number of hydrogen-bond acceptors (Lipinski definition) is 6. The largest absolute Gasteiger partial charge is 0.478 e. The van der Waals surface area contributed by atoms with Gasteiger partial charge in [-0.1, -0.05) is 22.9 Å². The quantitative estimate of drug-likeness (QED) is 0.276. The molecular formula is C16H11ClF7N5O3. The lowest BCUT2D eigenvalue weighted by molar-refractivity contribution is -0.266. The Balaban J connectivity index is 2.60. The number of aromatic carboxylic acids is 1. The number of aromatic nitrogens is 3. The fourth-order valence-electron chi connectivity index (χ4n) is 2.28. The second-order valence-electron chi connectivity index (χ2n) is 5.79. The molecule has 0 aliphatic rings. The van der Waals surface area contributed by atoms with Crippen molar-refractivity contribution in [1.29, 1.82) is 0 Å². The number of carboxylic acids is 1. The van der Waals surface area contributed by atoms with Gasteiger partial charge < -0.3 is 15.6 Å². The summed E-state index contributed by atoms with van der Waals surface area (Å²) in [6.45, 7) is -3.85. The van der Waals surface area contributed by atoms with Gasteiger partial charge in [-0.3, -0.25) is 4.99 Å². The predicted octanol–water partition coefficient (Wildman–Crippen LogP) is 3.78. The van der Waals surface area contributed by atoms with Gasteiger partial charge in [0.25, 0.3) is 0 Å². The Hall–Kier alpha value is -3.36. The first-order valence-electron chi connectivity index (χ1n) is 8.03. The molecule has 0 atom stereocenters. The van der Waals surface area contributed by atoms with Crippen molar-refractivity contribution in [3.05, 3.63) is 46.4 Å². The number of carbonyl (C=O) groups is 1. The second-order valence-corrected chi connectivity index (χ2v) is 6.20. The molecule has 1 aromatic carbocycles. The van der Waals surface area contributed by atoms with Crippen LogP contribution in [0, 0.1) is 0 Å². The molecule has 0 aliphatic heterocycles. The van der Waals surface area contributed by atoms with Crippen molar-refractivity contribution in [1.82, 2.24) is 15.0 Å². The number of nitrogens with two attached hydrogens (primary N) is 1. The minimum atomic E-state index is -6.23. The van der Waals surface area contributed by atoms with Crippen LogP contribution in [0.4, 0.5) is 30.7 Å². The van der Waals surface area contributed by atoms with Gasteiger partial charge in [-0.15, -0.1) is 5.10 Å². The number of hydrogen-bond donors (Lipinski definition) is 2. The summed E-state index contributed by atoms with van der Waals surface area (Å²) in [4.78, 5) is 14.6. The summed E-state index contributed by atoms with van der Waals surface area (Å²) in [6.07, 6.45) is -5.35. The van der Waals surface area contributed by atoms with E-state index in [2.05, 4.69) is 20.0 Å². The van der Waals surface area contributed by atoms with E-state index >= 15 is 0 Å². The van der Waals surface area contributed by atoms with Crippen molar-refractivity contribution < 1.29 is 45.4 Å². The fraction of sp³-hybridized carbons (Fsp3) is 0.250. The summed E-state index contributed by atoms with van der Waals surface area (Å²) in [5, 5.41) is 16.0. The van der Waals surface area contributed by atoms with Crippen LogP contribution in [0.5, 0.6) is 0 Å². The Bertz CT molecular complexity index is 1080. The van der Waals surface area contributed by atoms with Crippen molar-refractivity contribution in [3.8, 4) is 11.3 Å². The van der Waals surface area contributed by atoms with Crippen LogP contribution in [-0.4, -0.2) is 57.7 Å². The standard InChI is InChI=1S/C16H11ClF7N5O3/c1-26-12(10(32-14(18)19)11(25)15(20,21)16(22,23)24)29-5-9(27-28-29)6-2-3-8(17)7(4-6)13(30)31/h2-5,14H,25H2,1H3,(H,30,31). The van der Waals surface area contributed by atoms with E-state index in [1.54, 1.807) is 0 Å². The van der Waals surface area contributed by atoms with E-state index in [0.717, 1.165) is 19.3 Å². The van der Waals surface area contributed by atoms with E-state index in [-0.39, 0.29) is 21.8 Å². The van der Waals surface area contributed by atoms with Crippen molar-refractivity contribution in [2.24, 2.45) is 10.7 Å². The van der Waals surface area contributed by atoms with Gasteiger partial charge in [-0.2, -0.15) is 35.4 Å². The highest BCUT2D eigenvalue weighted by Gasteiger charge is 2.61. The molecule has 0 radical (unpaired) electrons. The fourth-order valence-corrected chi connectivity index (χ4v) is 2.48. The SMILES string of the molecule is CN=C(C(OC(F)F)=C(N)C(F)(F)C(F)(F)F)n1cc(-c2ccc(Cl)c(C(=O)O)c2)nn1. The Labute approximate surface area is 178 Å². The molecule has 3 N–H and O–H groups in total. The lowest BCUT2D eigenvalue weighted by atomic mass is 10.1. The maximum Gasteiger partial charge on any atom is 0.459 e. The molecule has 0 spiro atoms. The van der Waals surface area contributed by atoms with Crippen LogP contribution in [0.3, 0.4) is 0 Å². The summed E-state index contributed by atoms with van der Waals surface area (Å²) in [7, 11) is 0.856. The molecule has 0 bridgehead atoms. The van der Waals surface area contributed by atoms with Gasteiger partial charge >= 0.3 is 24.7 Å². The lowest BCUT2D eigenvalue weighted by Crippen LogP contribution is -2.43. The van der Waals surface area contributed by atoms with Crippen LogP contribution in [-0.2, 0) is 4.74 Å². The monoisotopic (exact) mass is 489 g/mol. The average molecular weight is 490 g/mol. The number of ether oxygens (including phenoxy) is 1. The molecule has 1 heterocycles. The van der Waals surface area contributed by atoms with Gasteiger partial charge in [0.05, 0.1) is 16.8 Å². The number of carboxylic acid groups (broad SMARTS) is 1. The Morgan fingerprint density at radius 3 is 2.41 bits per heavy atom. The number of aliphatic imine (C=N–C) groups is 1. The summed E-state index contributed by atoms with van der Waals surface area (Å²) in [5.41, 5.74) is 2.09. The number of halogens is 8. The molecule has 0 fully saturated rings. The van der Waals surface area contributed by atoms with Crippen LogP contribution in [0.15, 0.2) is 40.8 Å². The molecule has 32 heavy (non-hydrogen) atoms. The van der Waals surface area contributed by atoms with E-state index in [4.69, 9.17) is 22.4 Å². The van der Waals surface area contributed by atoms with Crippen LogP contribution < -0.4 is 5.73 Å². The van der Waals surface area contributed by atoms with Gasteiger partial charge in [0.1, 0.15) is 11.4 Å². The van der Waals surface area contributed by atoms with Crippen LogP contribution >= 0.6 is 11.6 Å². The van der Waals surface area contributed by atoms with Crippen LogP contribution in [0.25, 0.3) is 11.3 Å². The van der Waals surface area contributed by atoms with Gasteiger partial charge in [-0.05, 0) is 12.1 Å². The molecule has 0 saturated carbocycles. The first-order valence-corrected chi connectivity index (χ1v) is 8.41. The zero-order valence-corrected chi connectivity index (χ0v) is 16.3. The topological polar surface area (TPSA) is 116 Å². The van der Waals surface area contributed by atoms with Crippen molar-refractivity contribution in [2.45, 2.75) is 18.7 Å². The zero-order valence-electron chi connectivity index (χ0n) is 15.5. The minimum absolute atomic E-state index is 0.0856. The molecule has 0 aliphatic carbocycles. The highest BCUT2D eigenvalue weighted by Crippen LogP contribution is 2.40. The Kier molecular flexibility index (Phi) is 7.02. The van der Waals surface area contributed by atoms with Gasteiger partial charge in [0.15, 0.2) is 11.6 Å². The Morgan fingerprint density at radius 2 is 1.91 bits per heavy atom. The minimum Gasteiger partial charge on any atom is -0.478 e. The van der Waals surface area contributed by atoms with E-state index < -0.39 is 42.0 Å². The highest BCUT2D eigenvalue weighted by atomic mass is 35.5. The first kappa shape index (κ1) is 24.9. The molecule has 2 rings (SSSR count). The normalized spacial score (nSPS) is 13.9. The van der Waals surface area contributed by atoms with E-state index in [1.807, 2.05) is 0 Å². The van der Waals surface area contributed by atoms with E-state index in [0.29, 0.717) is 4.68 Å². The Morgan fingerprint density at radius 1 is 1.28 bits per heavy atom. The number of rotatable bonds is 6. The number of allylic oxidation sites excluding steroid dienone is 2. The lowest BCUT2D eigenvalue weighted by Gasteiger charge is -2.23. The number of alkyl halides is 7. The molecular weight excluding hydrogens is 479 g/mol. The zero-order chi connectivity index (χ0) is 24.4. The smallest absolute Gasteiger partial charge is 0.459 e. The highest BCUT2D eigenvalue weighted by molar-refractivity contribution is 6.33. The van der Waals surface area contributed by atoms with Crippen LogP contribution in [0.1, 0.15) is 10.4 Å². The number of nitrogens with zero attached hydrogens (tertiary/aromatic N) is 4. The van der Waals surface area contributed by atoms with Crippen molar-refractivity contribution in [3.63, 3.8) is 0 Å². The first-order chi connectivity index (χ1) is 14.7. The summed E-state index contributed by atoms with van der Waals surface area (Å²) < 4.78 is 95.1. The third-order valence-corrected chi connectivity index (χ3v) is 4.09. The van der Waals surface area contributed by atoms with Gasteiger partial charge in [0, 0.05) is 12.6 Å². The number of benzene rings is 1. The van der Waals surface area contributed by atoms with Crippen molar-refractivity contribution in [2.75, 3.05) is 7.05 Å². The van der Waals surface area contributed by atoms with E-state index in [9.17, 15) is 35.5 Å². The maximum atomic E-state index is 13.7. The van der Waals surface area contributed by atoms with Gasteiger partial charge in [-0.25, -0.2) is 4.79 Å². The molecule has 0 unspecified atom stereocenters. The van der Waals surface area contributed by atoms with Crippen LogP contribution in [0.2, 0.25) is 5.02 Å². The second kappa shape index (κ2) is 9.02. The molecule has 174 valence electrons. The third-order valence-electron chi connectivity index (χ3n) is 3.76. The summed E-state index contributed by atoms with van der Waals surface area (Å²) in [6, 6.07) is 3.56. The van der Waals surface area contributed by atoms with Crippen molar-refractivity contribution >= 4 is 23.4 Å². The molecule has 0 amide bonds. The molecule has 0 saturated heterocycles. The molecule has 16 heteroatoms. The predicted molar refractivity (Wildman–Crippen MR) is 95.5 cm³/mol. The van der Waals surface area contributed by atoms with Gasteiger partial charge in [0.2, 0.25) is 0 Å². The average Bonchev–Trinajstić information content (AvgIpc) is 3.16. The molecule has 8 nitrogen and oxygen atoms in total.